The molecule has 0 aliphatic carbocycles. The maximum absolute atomic E-state index is 11.0. The molecule has 0 heterocycles. The zero-order valence-electron chi connectivity index (χ0n) is 9.69. The van der Waals surface area contributed by atoms with E-state index in [1.54, 1.807) is 17.8 Å². The first kappa shape index (κ1) is 14.3. The number of rotatable bonds is 3. The summed E-state index contributed by atoms with van der Waals surface area (Å²) in [4.78, 5) is 12.2. The van der Waals surface area contributed by atoms with Gasteiger partial charge in [0.05, 0.1) is 6.07 Å². The molecule has 0 aromatic heterocycles. The normalized spacial score (nSPS) is 9.11. The second-order valence-corrected chi connectivity index (χ2v) is 4.48. The van der Waals surface area contributed by atoms with E-state index >= 15 is 0 Å². The van der Waals surface area contributed by atoms with Crippen LogP contribution in [0.15, 0.2) is 29.2 Å². The predicted octanol–water partition coefficient (Wildman–Crippen LogP) is 1.64. The van der Waals surface area contributed by atoms with Gasteiger partial charge in [-0.05, 0) is 42.7 Å². The number of benzene rings is 1. The number of anilines is 1. The van der Waals surface area contributed by atoms with E-state index in [4.69, 9.17) is 17.5 Å². The summed E-state index contributed by atoms with van der Waals surface area (Å²) in [7, 11) is 0. The fourth-order valence-corrected chi connectivity index (χ4v) is 1.66. The highest BCUT2D eigenvalue weighted by atomic mass is 32.2. The summed E-state index contributed by atoms with van der Waals surface area (Å²) in [5.74, 6) is -0.431. The van der Waals surface area contributed by atoms with Gasteiger partial charge in [-0.15, -0.1) is 11.8 Å². The summed E-state index contributed by atoms with van der Waals surface area (Å²) in [5.41, 5.74) is 5.63. The van der Waals surface area contributed by atoms with Crippen LogP contribution in [0.4, 0.5) is 5.69 Å². The molecule has 1 amide bonds. The molecular formula is C11H12N4OS2. The Bertz CT molecular complexity index is 467. The van der Waals surface area contributed by atoms with E-state index in [2.05, 4.69) is 16.2 Å². The molecule has 0 aliphatic rings. The number of thioether (sulfide) groups is 1. The lowest BCUT2D eigenvalue weighted by molar-refractivity contribution is -0.120. The van der Waals surface area contributed by atoms with E-state index in [0.717, 1.165) is 10.6 Å². The van der Waals surface area contributed by atoms with E-state index in [1.165, 1.54) is 0 Å². The fraction of sp³-hybridized carbons (Fsp3) is 0.182. The maximum atomic E-state index is 11.0. The van der Waals surface area contributed by atoms with Crippen LogP contribution in [-0.4, -0.2) is 17.3 Å². The van der Waals surface area contributed by atoms with Crippen LogP contribution in [0.25, 0.3) is 0 Å². The van der Waals surface area contributed by atoms with Crippen molar-refractivity contribution < 1.29 is 4.79 Å². The van der Waals surface area contributed by atoms with Gasteiger partial charge in [0.15, 0.2) is 5.11 Å². The van der Waals surface area contributed by atoms with Crippen molar-refractivity contribution in [2.45, 2.75) is 11.3 Å². The van der Waals surface area contributed by atoms with Crippen LogP contribution in [-0.2, 0) is 4.79 Å². The minimum Gasteiger partial charge on any atom is -0.331 e. The highest BCUT2D eigenvalue weighted by Gasteiger charge is 2.01. The van der Waals surface area contributed by atoms with Crippen molar-refractivity contribution in [1.82, 2.24) is 10.9 Å². The number of thiocarbonyl (C=S) groups is 1. The van der Waals surface area contributed by atoms with Crippen LogP contribution < -0.4 is 16.2 Å². The summed E-state index contributed by atoms with van der Waals surface area (Å²) < 4.78 is 0. The Morgan fingerprint density at radius 1 is 1.39 bits per heavy atom. The van der Waals surface area contributed by atoms with E-state index in [-0.39, 0.29) is 11.5 Å². The van der Waals surface area contributed by atoms with Crippen molar-refractivity contribution in [3.63, 3.8) is 0 Å². The minimum atomic E-state index is -0.431. The number of hydrogen-bond acceptors (Lipinski definition) is 4. The Kier molecular flexibility index (Phi) is 5.97. The van der Waals surface area contributed by atoms with Gasteiger partial charge < -0.3 is 5.32 Å². The number of amides is 1. The van der Waals surface area contributed by atoms with Crippen molar-refractivity contribution in [2.75, 3.05) is 11.6 Å². The predicted molar refractivity (Wildman–Crippen MR) is 76.0 cm³/mol. The first-order chi connectivity index (χ1) is 8.65. The molecule has 0 atom stereocenters. The highest BCUT2D eigenvalue weighted by Crippen LogP contribution is 2.17. The van der Waals surface area contributed by atoms with Gasteiger partial charge in [0, 0.05) is 10.6 Å². The first-order valence-electron chi connectivity index (χ1n) is 5.02. The van der Waals surface area contributed by atoms with Gasteiger partial charge in [-0.2, -0.15) is 5.26 Å². The zero-order chi connectivity index (χ0) is 13.4. The zero-order valence-corrected chi connectivity index (χ0v) is 11.3. The van der Waals surface area contributed by atoms with Gasteiger partial charge in [0.2, 0.25) is 0 Å². The molecule has 0 saturated heterocycles. The van der Waals surface area contributed by atoms with Gasteiger partial charge in [-0.25, -0.2) is 0 Å². The Morgan fingerprint density at radius 3 is 2.61 bits per heavy atom. The van der Waals surface area contributed by atoms with Gasteiger partial charge in [0.1, 0.15) is 6.42 Å². The molecule has 0 saturated carbocycles. The molecule has 1 rings (SSSR count). The molecule has 0 fully saturated rings. The molecule has 0 unspecified atom stereocenters. The quantitative estimate of drug-likeness (QED) is 0.444. The Hall–Kier alpha value is -1.78. The summed E-state index contributed by atoms with van der Waals surface area (Å²) >= 11 is 6.63. The van der Waals surface area contributed by atoms with Crippen LogP contribution in [0.3, 0.4) is 0 Å². The van der Waals surface area contributed by atoms with Crippen LogP contribution in [0.1, 0.15) is 6.42 Å². The maximum Gasteiger partial charge on any atom is 0.252 e. The Labute approximate surface area is 115 Å². The van der Waals surface area contributed by atoms with Crippen LogP contribution in [0.5, 0.6) is 0 Å². The van der Waals surface area contributed by atoms with Crippen molar-refractivity contribution >= 4 is 40.7 Å². The number of hydrazine groups is 1. The second kappa shape index (κ2) is 7.53. The molecule has 94 valence electrons. The van der Waals surface area contributed by atoms with Gasteiger partial charge in [-0.3, -0.25) is 15.6 Å². The lowest BCUT2D eigenvalue weighted by Gasteiger charge is -2.10. The number of nitrogens with zero attached hydrogens (tertiary/aromatic N) is 1. The molecule has 0 radical (unpaired) electrons. The van der Waals surface area contributed by atoms with Gasteiger partial charge in [-0.1, -0.05) is 0 Å². The van der Waals surface area contributed by atoms with E-state index < -0.39 is 5.91 Å². The van der Waals surface area contributed by atoms with E-state index in [1.807, 2.05) is 30.5 Å². The molecule has 0 spiro atoms. The van der Waals surface area contributed by atoms with Crippen molar-refractivity contribution in [1.29, 1.82) is 5.26 Å². The SMILES string of the molecule is CSc1ccc(NC(=S)NNC(=O)CC#N)cc1. The first-order valence-corrected chi connectivity index (χ1v) is 6.66. The van der Waals surface area contributed by atoms with E-state index in [0.29, 0.717) is 0 Å². The molecule has 0 aliphatic heterocycles. The lowest BCUT2D eigenvalue weighted by Crippen LogP contribution is -2.43. The number of hydrogen-bond donors (Lipinski definition) is 3. The third kappa shape index (κ3) is 5.03. The summed E-state index contributed by atoms with van der Waals surface area (Å²) in [6.45, 7) is 0. The van der Waals surface area contributed by atoms with Crippen molar-refractivity contribution in [3.05, 3.63) is 24.3 Å². The standard InChI is InChI=1S/C11H12N4OS2/c1-18-9-4-2-8(3-5-9)13-11(17)15-14-10(16)6-7-12/h2-5H,6H2,1H3,(H,14,16)(H2,13,15,17). The average molecular weight is 280 g/mol. The van der Waals surface area contributed by atoms with Crippen molar-refractivity contribution in [3.8, 4) is 6.07 Å². The van der Waals surface area contributed by atoms with Crippen LogP contribution in [0.2, 0.25) is 0 Å². The Balaban J connectivity index is 2.40. The Morgan fingerprint density at radius 2 is 2.06 bits per heavy atom. The smallest absolute Gasteiger partial charge is 0.252 e. The third-order valence-electron chi connectivity index (χ3n) is 1.90. The summed E-state index contributed by atoms with van der Waals surface area (Å²) in [6, 6.07) is 9.43. The average Bonchev–Trinajstić information content (AvgIpc) is 2.38. The fourth-order valence-electron chi connectivity index (χ4n) is 1.08. The molecular weight excluding hydrogens is 268 g/mol. The molecule has 1 aromatic carbocycles. The summed E-state index contributed by atoms with van der Waals surface area (Å²) in [5, 5.41) is 11.5. The second-order valence-electron chi connectivity index (χ2n) is 3.19. The van der Waals surface area contributed by atoms with Crippen LogP contribution in [0, 0.1) is 11.3 Å². The van der Waals surface area contributed by atoms with Gasteiger partial charge >= 0.3 is 0 Å². The number of nitrogens with one attached hydrogen (secondary N) is 3. The topological polar surface area (TPSA) is 76.9 Å². The number of nitriles is 1. The van der Waals surface area contributed by atoms with Crippen LogP contribution >= 0.6 is 24.0 Å². The molecule has 3 N–H and O–H groups in total. The third-order valence-corrected chi connectivity index (χ3v) is 2.85. The molecule has 1 aromatic rings. The molecule has 7 heteroatoms. The number of carbonyl (C=O) groups excluding carboxylic acids is 1. The molecule has 5 nitrogen and oxygen atoms in total. The van der Waals surface area contributed by atoms with Crippen molar-refractivity contribution in [2.24, 2.45) is 0 Å². The highest BCUT2D eigenvalue weighted by molar-refractivity contribution is 7.98. The number of carbonyl (C=O) groups is 1. The van der Waals surface area contributed by atoms with E-state index in [9.17, 15) is 4.79 Å². The molecule has 0 bridgehead atoms. The summed E-state index contributed by atoms with van der Waals surface area (Å²) in [6.07, 6.45) is 1.79. The largest absolute Gasteiger partial charge is 0.331 e. The molecule has 18 heavy (non-hydrogen) atoms. The monoisotopic (exact) mass is 280 g/mol. The minimum absolute atomic E-state index is 0.210. The lowest BCUT2D eigenvalue weighted by atomic mass is 10.3. The van der Waals surface area contributed by atoms with Gasteiger partial charge in [0.25, 0.3) is 5.91 Å².